The highest BCUT2D eigenvalue weighted by molar-refractivity contribution is 7.89. The van der Waals surface area contributed by atoms with Crippen LogP contribution in [0, 0.1) is 5.82 Å². The van der Waals surface area contributed by atoms with Gasteiger partial charge in [-0.1, -0.05) is 47.6 Å². The minimum Gasteiger partial charge on any atom is -0.494 e. The van der Waals surface area contributed by atoms with E-state index in [1.165, 1.54) is 31.4 Å². The third-order valence-electron chi connectivity index (χ3n) is 4.77. The molecule has 0 radical (unpaired) electrons. The van der Waals surface area contributed by atoms with Gasteiger partial charge in [0.05, 0.1) is 17.6 Å². The predicted molar refractivity (Wildman–Crippen MR) is 116 cm³/mol. The van der Waals surface area contributed by atoms with Gasteiger partial charge in [-0.05, 0) is 41.5 Å². The van der Waals surface area contributed by atoms with Gasteiger partial charge in [-0.3, -0.25) is 0 Å². The quantitative estimate of drug-likeness (QED) is 0.444. The number of methoxy groups -OCH3 is 1. The van der Waals surface area contributed by atoms with Crippen LogP contribution in [0.3, 0.4) is 0 Å². The summed E-state index contributed by atoms with van der Waals surface area (Å²) >= 11 is 0. The molecule has 3 aromatic carbocycles. The van der Waals surface area contributed by atoms with Gasteiger partial charge in [0.15, 0.2) is 11.6 Å². The van der Waals surface area contributed by atoms with Gasteiger partial charge in [-0.2, -0.15) is 0 Å². The third kappa shape index (κ3) is 4.48. The Labute approximate surface area is 184 Å². The summed E-state index contributed by atoms with van der Waals surface area (Å²) in [6.45, 7) is 0.217. The number of hydrogen-bond donors (Lipinski definition) is 1. The maximum atomic E-state index is 14.3. The second kappa shape index (κ2) is 8.81. The van der Waals surface area contributed by atoms with Crippen LogP contribution in [0.25, 0.3) is 22.4 Å². The van der Waals surface area contributed by atoms with Crippen LogP contribution in [0.2, 0.25) is 0 Å². The summed E-state index contributed by atoms with van der Waals surface area (Å²) in [5.41, 5.74) is 2.70. The van der Waals surface area contributed by atoms with Crippen molar-refractivity contribution < 1.29 is 26.8 Å². The SMILES string of the molecule is COc1ccc(-c2noc(OCc3ccccc3)c2-c2ccc(S(N)(=O)=O)cc2)cc1F. The first-order chi connectivity index (χ1) is 15.4. The van der Waals surface area contributed by atoms with Crippen LogP contribution in [0.4, 0.5) is 4.39 Å². The zero-order valence-corrected chi connectivity index (χ0v) is 17.8. The van der Waals surface area contributed by atoms with Crippen molar-refractivity contribution in [2.24, 2.45) is 5.14 Å². The lowest BCUT2D eigenvalue weighted by Gasteiger charge is -2.08. The van der Waals surface area contributed by atoms with E-state index in [1.54, 1.807) is 18.2 Å². The number of sulfonamides is 1. The molecule has 0 amide bonds. The van der Waals surface area contributed by atoms with Crippen LogP contribution >= 0.6 is 0 Å². The first kappa shape index (κ1) is 21.5. The summed E-state index contributed by atoms with van der Waals surface area (Å²) in [6.07, 6.45) is 0. The Morgan fingerprint density at radius 2 is 1.69 bits per heavy atom. The van der Waals surface area contributed by atoms with Crippen LogP contribution in [0.5, 0.6) is 11.7 Å². The van der Waals surface area contributed by atoms with Gasteiger partial charge >= 0.3 is 5.95 Å². The van der Waals surface area contributed by atoms with Crippen LogP contribution in [0.1, 0.15) is 5.56 Å². The number of nitrogens with zero attached hydrogens (tertiary/aromatic N) is 1. The fraction of sp³-hybridized carbons (Fsp3) is 0.0870. The van der Waals surface area contributed by atoms with E-state index in [4.69, 9.17) is 19.1 Å². The van der Waals surface area contributed by atoms with Gasteiger partial charge in [0.1, 0.15) is 12.3 Å². The Hall–Kier alpha value is -3.69. The van der Waals surface area contributed by atoms with Gasteiger partial charge in [0, 0.05) is 5.56 Å². The molecule has 9 heteroatoms. The van der Waals surface area contributed by atoms with Gasteiger partial charge in [0.25, 0.3) is 0 Å². The summed E-state index contributed by atoms with van der Waals surface area (Å²) in [6, 6.07) is 19.7. The normalized spacial score (nSPS) is 11.3. The van der Waals surface area contributed by atoms with Gasteiger partial charge in [-0.25, -0.2) is 17.9 Å². The molecule has 0 aliphatic carbocycles. The van der Waals surface area contributed by atoms with Crippen molar-refractivity contribution in [1.29, 1.82) is 0 Å². The van der Waals surface area contributed by atoms with Crippen molar-refractivity contribution in [3.8, 4) is 34.1 Å². The number of rotatable bonds is 7. The monoisotopic (exact) mass is 454 g/mol. The minimum atomic E-state index is -3.85. The zero-order chi connectivity index (χ0) is 22.7. The largest absolute Gasteiger partial charge is 0.494 e. The number of ether oxygens (including phenoxy) is 2. The van der Waals surface area contributed by atoms with Crippen molar-refractivity contribution in [3.63, 3.8) is 0 Å². The first-order valence-electron chi connectivity index (χ1n) is 9.50. The highest BCUT2D eigenvalue weighted by atomic mass is 32.2. The molecule has 0 aliphatic rings. The third-order valence-corrected chi connectivity index (χ3v) is 5.70. The Balaban J connectivity index is 1.78. The van der Waals surface area contributed by atoms with Crippen molar-refractivity contribution in [2.75, 3.05) is 7.11 Å². The zero-order valence-electron chi connectivity index (χ0n) is 17.0. The average molecular weight is 454 g/mol. The summed E-state index contributed by atoms with van der Waals surface area (Å²) < 4.78 is 53.8. The van der Waals surface area contributed by atoms with E-state index in [2.05, 4.69) is 5.16 Å². The fourth-order valence-corrected chi connectivity index (χ4v) is 3.69. The van der Waals surface area contributed by atoms with Gasteiger partial charge < -0.3 is 14.0 Å². The number of hydrogen-bond acceptors (Lipinski definition) is 6. The Kier molecular flexibility index (Phi) is 5.93. The van der Waals surface area contributed by atoms with Crippen LogP contribution < -0.4 is 14.6 Å². The highest BCUT2D eigenvalue weighted by Crippen LogP contribution is 2.40. The Morgan fingerprint density at radius 3 is 2.31 bits per heavy atom. The molecule has 164 valence electrons. The predicted octanol–water partition coefficient (Wildman–Crippen LogP) is 4.38. The average Bonchev–Trinajstić information content (AvgIpc) is 3.22. The molecule has 4 aromatic rings. The maximum Gasteiger partial charge on any atom is 0.320 e. The molecule has 0 bridgehead atoms. The molecule has 0 fully saturated rings. The maximum absolute atomic E-state index is 14.3. The minimum absolute atomic E-state index is 0.0403. The molecule has 1 heterocycles. The molecule has 2 N–H and O–H groups in total. The van der Waals surface area contributed by atoms with Crippen LogP contribution in [0.15, 0.2) is 82.2 Å². The first-order valence-corrected chi connectivity index (χ1v) is 11.0. The molecule has 0 spiro atoms. The summed E-state index contributed by atoms with van der Waals surface area (Å²) in [5, 5.41) is 9.29. The van der Waals surface area contributed by atoms with E-state index in [-0.39, 0.29) is 23.2 Å². The molecule has 0 atom stereocenters. The molecular weight excluding hydrogens is 435 g/mol. The standard InChI is InChI=1S/C23H19FN2O5S/c1-29-20-12-9-17(13-19(20)24)22-21(16-7-10-18(11-8-16)32(25,27)28)23(31-26-22)30-14-15-5-3-2-4-6-15/h2-13H,14H2,1H3,(H2,25,27,28). The number of primary sulfonamides is 1. The molecule has 1 aromatic heterocycles. The lowest BCUT2D eigenvalue weighted by Crippen LogP contribution is -2.11. The molecule has 0 unspecified atom stereocenters. The molecule has 0 saturated carbocycles. The van der Waals surface area contributed by atoms with E-state index >= 15 is 0 Å². The second-order valence-electron chi connectivity index (χ2n) is 6.89. The van der Waals surface area contributed by atoms with E-state index < -0.39 is 15.8 Å². The fourth-order valence-electron chi connectivity index (χ4n) is 3.17. The molecule has 0 aliphatic heterocycles. The summed E-state index contributed by atoms with van der Waals surface area (Å²) in [5.74, 6) is -0.351. The summed E-state index contributed by atoms with van der Waals surface area (Å²) in [7, 11) is -2.48. The van der Waals surface area contributed by atoms with Crippen LogP contribution in [-0.2, 0) is 16.6 Å². The molecule has 32 heavy (non-hydrogen) atoms. The van der Waals surface area contributed by atoms with Crippen molar-refractivity contribution in [1.82, 2.24) is 5.16 Å². The molecule has 4 rings (SSSR count). The van der Waals surface area contributed by atoms with Gasteiger partial charge in [0.2, 0.25) is 10.0 Å². The van der Waals surface area contributed by atoms with Crippen molar-refractivity contribution in [3.05, 3.63) is 84.2 Å². The number of halogens is 1. The highest BCUT2D eigenvalue weighted by Gasteiger charge is 2.22. The number of benzene rings is 3. The molecule has 0 saturated heterocycles. The molecular formula is C23H19FN2O5S. The smallest absolute Gasteiger partial charge is 0.320 e. The number of aromatic nitrogens is 1. The lowest BCUT2D eigenvalue weighted by atomic mass is 10.0. The van der Waals surface area contributed by atoms with E-state index in [1.807, 2.05) is 30.3 Å². The summed E-state index contributed by atoms with van der Waals surface area (Å²) in [4.78, 5) is -0.0403. The number of nitrogens with two attached hydrogens (primary N) is 1. The van der Waals surface area contributed by atoms with Crippen LogP contribution in [-0.4, -0.2) is 20.7 Å². The van der Waals surface area contributed by atoms with Crippen molar-refractivity contribution >= 4 is 10.0 Å². The Morgan fingerprint density at radius 1 is 1.00 bits per heavy atom. The van der Waals surface area contributed by atoms with E-state index in [9.17, 15) is 12.8 Å². The second-order valence-corrected chi connectivity index (χ2v) is 8.45. The topological polar surface area (TPSA) is 105 Å². The lowest BCUT2D eigenvalue weighted by molar-refractivity contribution is 0.206. The van der Waals surface area contributed by atoms with E-state index in [0.717, 1.165) is 5.56 Å². The van der Waals surface area contributed by atoms with Crippen molar-refractivity contribution in [2.45, 2.75) is 11.5 Å². The molecule has 7 nitrogen and oxygen atoms in total. The Bertz CT molecular complexity index is 1340. The van der Waals surface area contributed by atoms with Gasteiger partial charge in [-0.15, -0.1) is 0 Å². The van der Waals surface area contributed by atoms with E-state index in [0.29, 0.717) is 22.4 Å².